The summed E-state index contributed by atoms with van der Waals surface area (Å²) in [7, 11) is 0. The molecule has 0 spiro atoms. The van der Waals surface area contributed by atoms with Crippen LogP contribution >= 0.6 is 11.6 Å². The number of aromatic nitrogens is 3. The van der Waals surface area contributed by atoms with E-state index in [4.69, 9.17) is 16.1 Å². The molecule has 152 valence electrons. The van der Waals surface area contributed by atoms with Gasteiger partial charge in [0.05, 0.1) is 6.54 Å². The fourth-order valence-corrected chi connectivity index (χ4v) is 4.01. The van der Waals surface area contributed by atoms with Crippen LogP contribution in [0.1, 0.15) is 54.6 Å². The lowest BCUT2D eigenvalue weighted by molar-refractivity contribution is 0.101. The van der Waals surface area contributed by atoms with Crippen LogP contribution in [0.25, 0.3) is 0 Å². The van der Waals surface area contributed by atoms with E-state index in [1.54, 1.807) is 10.7 Å². The summed E-state index contributed by atoms with van der Waals surface area (Å²) in [5, 5.41) is 12.0. The van der Waals surface area contributed by atoms with Gasteiger partial charge in [-0.15, -0.1) is 0 Å². The van der Waals surface area contributed by atoms with Gasteiger partial charge in [0.25, 0.3) is 5.91 Å². The molecule has 2 heterocycles. The lowest BCUT2D eigenvalue weighted by Crippen LogP contribution is -2.27. The highest BCUT2D eigenvalue weighted by Gasteiger charge is 2.34. The average molecular weight is 413 g/mol. The third-order valence-electron chi connectivity index (χ3n) is 5.65. The van der Waals surface area contributed by atoms with Crippen LogP contribution in [0.5, 0.6) is 0 Å². The summed E-state index contributed by atoms with van der Waals surface area (Å²) >= 11 is 6.21. The molecule has 0 fully saturated rings. The number of aryl methyl sites for hydroxylation is 1. The Kier molecular flexibility index (Phi) is 5.21. The van der Waals surface area contributed by atoms with E-state index in [0.717, 1.165) is 36.1 Å². The molecular formula is C22H25ClN4O2. The van der Waals surface area contributed by atoms with Gasteiger partial charge in [-0.05, 0) is 35.8 Å². The molecule has 1 aromatic carbocycles. The van der Waals surface area contributed by atoms with Crippen molar-refractivity contribution in [2.75, 3.05) is 5.32 Å². The van der Waals surface area contributed by atoms with Gasteiger partial charge in [0.2, 0.25) is 0 Å². The number of carbonyl (C=O) groups is 1. The van der Waals surface area contributed by atoms with Crippen LogP contribution in [0.2, 0.25) is 5.02 Å². The topological polar surface area (TPSA) is 73.0 Å². The smallest absolute Gasteiger partial charge is 0.279 e. The van der Waals surface area contributed by atoms with Gasteiger partial charge in [-0.2, -0.15) is 5.10 Å². The van der Waals surface area contributed by atoms with Gasteiger partial charge in [-0.3, -0.25) is 9.48 Å². The Hall–Kier alpha value is -2.60. The summed E-state index contributed by atoms with van der Waals surface area (Å²) in [4.78, 5) is 12.8. The van der Waals surface area contributed by atoms with E-state index >= 15 is 0 Å². The van der Waals surface area contributed by atoms with Gasteiger partial charge in [0, 0.05) is 29.3 Å². The zero-order valence-electron chi connectivity index (χ0n) is 16.9. The van der Waals surface area contributed by atoms with Crippen molar-refractivity contribution in [3.8, 4) is 0 Å². The molecule has 6 nitrogen and oxygen atoms in total. The second-order valence-electron chi connectivity index (χ2n) is 8.68. The Morgan fingerprint density at radius 2 is 2.10 bits per heavy atom. The van der Waals surface area contributed by atoms with Crippen LogP contribution in [0.3, 0.4) is 0 Å². The zero-order valence-corrected chi connectivity index (χ0v) is 17.7. The van der Waals surface area contributed by atoms with Crippen molar-refractivity contribution in [1.29, 1.82) is 0 Å². The second-order valence-corrected chi connectivity index (χ2v) is 9.09. The lowest BCUT2D eigenvalue weighted by Gasteiger charge is -2.33. The molecule has 0 aliphatic heterocycles. The monoisotopic (exact) mass is 412 g/mol. The lowest BCUT2D eigenvalue weighted by atomic mass is 9.71. The Morgan fingerprint density at radius 3 is 2.86 bits per heavy atom. The molecule has 0 saturated heterocycles. The number of amides is 1. The highest BCUT2D eigenvalue weighted by molar-refractivity contribution is 6.31. The standard InChI is InChI=1S/C22H25ClN4O2/c1-22(2,3)15-8-9-18-16(12-15)20(26-29-18)21(28)24-19-10-11-27(25-19)13-14-6-4-5-7-17(14)23/h4-7,10-11,15H,8-9,12-13H2,1-3H3,(H,24,25,28). The molecule has 1 aliphatic carbocycles. The van der Waals surface area contributed by atoms with Gasteiger partial charge >= 0.3 is 0 Å². The number of halogens is 1. The molecule has 0 saturated carbocycles. The van der Waals surface area contributed by atoms with E-state index in [9.17, 15) is 4.79 Å². The number of anilines is 1. The number of hydrogen-bond acceptors (Lipinski definition) is 4. The van der Waals surface area contributed by atoms with Crippen LogP contribution in [0.15, 0.2) is 41.1 Å². The summed E-state index contributed by atoms with van der Waals surface area (Å²) in [6.45, 7) is 7.24. The van der Waals surface area contributed by atoms with Crippen LogP contribution in [-0.2, 0) is 19.4 Å². The van der Waals surface area contributed by atoms with Gasteiger partial charge in [0.1, 0.15) is 5.76 Å². The summed E-state index contributed by atoms with van der Waals surface area (Å²) < 4.78 is 7.19. The minimum atomic E-state index is -0.285. The van der Waals surface area contributed by atoms with Crippen LogP contribution in [0.4, 0.5) is 5.82 Å². The highest BCUT2D eigenvalue weighted by Crippen LogP contribution is 2.38. The third kappa shape index (κ3) is 4.22. The van der Waals surface area contributed by atoms with Gasteiger partial charge < -0.3 is 9.84 Å². The highest BCUT2D eigenvalue weighted by atomic mass is 35.5. The van der Waals surface area contributed by atoms with Crippen molar-refractivity contribution in [1.82, 2.24) is 14.9 Å². The molecule has 2 aromatic heterocycles. The molecular weight excluding hydrogens is 388 g/mol. The summed E-state index contributed by atoms with van der Waals surface area (Å²) in [6.07, 6.45) is 4.50. The van der Waals surface area contributed by atoms with E-state index < -0.39 is 0 Å². The molecule has 1 unspecified atom stereocenters. The maximum Gasteiger partial charge on any atom is 0.279 e. The van der Waals surface area contributed by atoms with Crippen molar-refractivity contribution in [3.05, 3.63) is 64.1 Å². The van der Waals surface area contributed by atoms with E-state index in [1.165, 1.54) is 0 Å². The first-order valence-corrected chi connectivity index (χ1v) is 10.2. The van der Waals surface area contributed by atoms with Crippen LogP contribution in [-0.4, -0.2) is 20.8 Å². The van der Waals surface area contributed by atoms with Crippen molar-refractivity contribution in [3.63, 3.8) is 0 Å². The van der Waals surface area contributed by atoms with Crippen molar-refractivity contribution < 1.29 is 9.32 Å². The van der Waals surface area contributed by atoms with Crippen molar-refractivity contribution in [2.45, 2.75) is 46.6 Å². The number of fused-ring (bicyclic) bond motifs is 1. The van der Waals surface area contributed by atoms with Crippen LogP contribution < -0.4 is 5.32 Å². The van der Waals surface area contributed by atoms with E-state index in [-0.39, 0.29) is 11.3 Å². The molecule has 1 amide bonds. The summed E-state index contributed by atoms with van der Waals surface area (Å²) in [6, 6.07) is 9.39. The normalized spacial score (nSPS) is 16.5. The zero-order chi connectivity index (χ0) is 20.6. The number of rotatable bonds is 4. The fourth-order valence-electron chi connectivity index (χ4n) is 3.81. The number of nitrogens with zero attached hydrogens (tertiary/aromatic N) is 3. The summed E-state index contributed by atoms with van der Waals surface area (Å²) in [5.41, 5.74) is 2.45. The average Bonchev–Trinajstić information content (AvgIpc) is 3.29. The van der Waals surface area contributed by atoms with E-state index in [2.05, 4.69) is 36.3 Å². The van der Waals surface area contributed by atoms with Gasteiger partial charge in [0.15, 0.2) is 11.5 Å². The Labute approximate surface area is 175 Å². The number of hydrogen-bond donors (Lipinski definition) is 1. The number of carbonyl (C=O) groups excluding carboxylic acids is 1. The first kappa shape index (κ1) is 19.7. The maximum atomic E-state index is 12.8. The molecule has 1 N–H and O–H groups in total. The molecule has 0 radical (unpaired) electrons. The Balaban J connectivity index is 1.47. The minimum absolute atomic E-state index is 0.181. The fraction of sp³-hybridized carbons (Fsp3) is 0.409. The molecule has 1 aliphatic rings. The molecule has 7 heteroatoms. The Bertz CT molecular complexity index is 1030. The largest absolute Gasteiger partial charge is 0.360 e. The van der Waals surface area contributed by atoms with E-state index in [0.29, 0.717) is 29.0 Å². The Morgan fingerprint density at radius 1 is 1.31 bits per heavy atom. The quantitative estimate of drug-likeness (QED) is 0.656. The van der Waals surface area contributed by atoms with Gasteiger partial charge in [-0.1, -0.05) is 55.7 Å². The minimum Gasteiger partial charge on any atom is -0.360 e. The van der Waals surface area contributed by atoms with Crippen molar-refractivity contribution in [2.24, 2.45) is 11.3 Å². The predicted molar refractivity (Wildman–Crippen MR) is 112 cm³/mol. The maximum absolute atomic E-state index is 12.8. The van der Waals surface area contributed by atoms with Gasteiger partial charge in [-0.25, -0.2) is 0 Å². The molecule has 0 bridgehead atoms. The summed E-state index contributed by atoms with van der Waals surface area (Å²) in [5.74, 6) is 1.52. The molecule has 1 atom stereocenters. The molecule has 4 rings (SSSR count). The molecule has 29 heavy (non-hydrogen) atoms. The SMILES string of the molecule is CC(C)(C)C1CCc2onc(C(=O)Nc3ccn(Cc4ccccc4Cl)n3)c2C1. The number of nitrogens with one attached hydrogen (secondary N) is 1. The molecule has 3 aromatic rings. The predicted octanol–water partition coefficient (Wildman–Crippen LogP) is 4.98. The first-order valence-electron chi connectivity index (χ1n) is 9.87. The second kappa shape index (κ2) is 7.67. The van der Waals surface area contributed by atoms with E-state index in [1.807, 2.05) is 30.5 Å². The first-order chi connectivity index (χ1) is 13.8. The van der Waals surface area contributed by atoms with Crippen molar-refractivity contribution >= 4 is 23.3 Å². The number of benzene rings is 1. The van der Waals surface area contributed by atoms with Crippen LogP contribution in [0, 0.1) is 11.3 Å². The third-order valence-corrected chi connectivity index (χ3v) is 6.02.